The minimum atomic E-state index is -4.37. The fourth-order valence-corrected chi connectivity index (χ4v) is 3.71. The second-order valence-corrected chi connectivity index (χ2v) is 7.69. The maximum atomic E-state index is 12.9. The van der Waals surface area contributed by atoms with Gasteiger partial charge in [-0.1, -0.05) is 18.2 Å². The molecule has 0 heterocycles. The minimum Gasteiger partial charge on any atom is -0.465 e. The minimum absolute atomic E-state index is 0.0934. The molecule has 0 saturated heterocycles. The van der Waals surface area contributed by atoms with Crippen LogP contribution in [0.15, 0.2) is 24.3 Å². The monoisotopic (exact) mass is 358 g/mol. The van der Waals surface area contributed by atoms with Crippen molar-refractivity contribution in [2.75, 3.05) is 0 Å². The van der Waals surface area contributed by atoms with Crippen LogP contribution in [0, 0.1) is 0 Å². The Bertz CT molecular complexity index is 625. The normalized spacial score (nSPS) is 24.8. The van der Waals surface area contributed by atoms with E-state index in [4.69, 9.17) is 5.73 Å². The predicted octanol–water partition coefficient (Wildman–Crippen LogP) is 4.45. The van der Waals surface area contributed by atoms with Crippen molar-refractivity contribution in [3.8, 4) is 0 Å². The quantitative estimate of drug-likeness (QED) is 0.821. The first-order valence-corrected chi connectivity index (χ1v) is 8.36. The van der Waals surface area contributed by atoms with Gasteiger partial charge in [0.15, 0.2) is 0 Å². The van der Waals surface area contributed by atoms with Gasteiger partial charge in [0, 0.05) is 11.6 Å². The molecule has 7 heteroatoms. The van der Waals surface area contributed by atoms with Crippen molar-refractivity contribution < 1.29 is 23.1 Å². The molecule has 3 atom stereocenters. The van der Waals surface area contributed by atoms with Crippen molar-refractivity contribution in [3.05, 3.63) is 35.4 Å². The second-order valence-electron chi connectivity index (χ2n) is 7.69. The molecule has 0 aliphatic heterocycles. The van der Waals surface area contributed by atoms with Crippen molar-refractivity contribution in [1.29, 1.82) is 0 Å². The summed E-state index contributed by atoms with van der Waals surface area (Å²) >= 11 is 0. The van der Waals surface area contributed by atoms with E-state index in [1.807, 2.05) is 20.8 Å². The van der Waals surface area contributed by atoms with Crippen LogP contribution in [0.4, 0.5) is 18.0 Å². The Morgan fingerprint density at radius 3 is 2.36 bits per heavy atom. The van der Waals surface area contributed by atoms with Crippen LogP contribution in [0.2, 0.25) is 0 Å². The van der Waals surface area contributed by atoms with Gasteiger partial charge in [0.25, 0.3) is 0 Å². The summed E-state index contributed by atoms with van der Waals surface area (Å²) < 4.78 is 38.7. The highest BCUT2D eigenvalue weighted by molar-refractivity contribution is 5.66. The van der Waals surface area contributed by atoms with Gasteiger partial charge < -0.3 is 10.8 Å². The number of nitrogens with zero attached hydrogens (tertiary/aromatic N) is 1. The molecule has 1 amide bonds. The molecule has 1 saturated carbocycles. The molecule has 25 heavy (non-hydrogen) atoms. The van der Waals surface area contributed by atoms with E-state index in [1.165, 1.54) is 17.0 Å². The Kier molecular flexibility index (Phi) is 5.37. The molecule has 1 aliphatic rings. The Hall–Kier alpha value is -1.76. The lowest BCUT2D eigenvalue weighted by molar-refractivity contribution is -0.137. The van der Waals surface area contributed by atoms with E-state index in [9.17, 15) is 23.1 Å². The summed E-state index contributed by atoms with van der Waals surface area (Å²) in [7, 11) is 0. The molecular weight excluding hydrogens is 333 g/mol. The molecular formula is C18H25F3N2O2. The maximum absolute atomic E-state index is 12.9. The molecule has 1 aromatic carbocycles. The average Bonchev–Trinajstić information content (AvgIpc) is 2.46. The third kappa shape index (κ3) is 4.45. The SMILES string of the molecule is CC(C)(C)N(C(=O)O)[C@H]1CC[C@H](c2cccc(C(F)(F)F)c2)C[C@@H]1N. The summed E-state index contributed by atoms with van der Waals surface area (Å²) in [6, 6.07) is 4.58. The first kappa shape index (κ1) is 19.6. The van der Waals surface area contributed by atoms with Crippen LogP contribution in [0.25, 0.3) is 0 Å². The summed E-state index contributed by atoms with van der Waals surface area (Å²) in [5.41, 5.74) is 5.60. The smallest absolute Gasteiger partial charge is 0.416 e. The van der Waals surface area contributed by atoms with Crippen molar-refractivity contribution >= 4 is 6.09 Å². The van der Waals surface area contributed by atoms with E-state index >= 15 is 0 Å². The predicted molar refractivity (Wildman–Crippen MR) is 89.4 cm³/mol. The zero-order valence-electron chi connectivity index (χ0n) is 14.7. The van der Waals surface area contributed by atoms with E-state index in [1.54, 1.807) is 6.07 Å². The van der Waals surface area contributed by atoms with Crippen LogP contribution in [-0.4, -0.2) is 33.7 Å². The van der Waals surface area contributed by atoms with Gasteiger partial charge in [-0.25, -0.2) is 4.79 Å². The van der Waals surface area contributed by atoms with E-state index in [2.05, 4.69) is 0 Å². The van der Waals surface area contributed by atoms with Gasteiger partial charge in [-0.2, -0.15) is 13.2 Å². The Morgan fingerprint density at radius 2 is 1.88 bits per heavy atom. The largest absolute Gasteiger partial charge is 0.465 e. The van der Waals surface area contributed by atoms with Crippen molar-refractivity contribution in [2.24, 2.45) is 5.73 Å². The fourth-order valence-electron chi connectivity index (χ4n) is 3.71. The van der Waals surface area contributed by atoms with E-state index in [0.717, 1.165) is 6.07 Å². The third-order valence-corrected chi connectivity index (χ3v) is 4.81. The van der Waals surface area contributed by atoms with E-state index in [0.29, 0.717) is 24.8 Å². The molecule has 0 radical (unpaired) electrons. The number of alkyl halides is 3. The van der Waals surface area contributed by atoms with E-state index < -0.39 is 29.4 Å². The summed E-state index contributed by atoms with van der Waals surface area (Å²) in [6.07, 6.45) is -3.79. The Labute approximate surface area is 145 Å². The third-order valence-electron chi connectivity index (χ3n) is 4.81. The molecule has 0 unspecified atom stereocenters. The van der Waals surface area contributed by atoms with Crippen LogP contribution in [0.5, 0.6) is 0 Å². The summed E-state index contributed by atoms with van der Waals surface area (Å²) in [6.45, 7) is 5.44. The molecule has 2 rings (SSSR count). The van der Waals surface area contributed by atoms with Gasteiger partial charge in [0.2, 0.25) is 0 Å². The number of hydrogen-bond acceptors (Lipinski definition) is 2. The highest BCUT2D eigenvalue weighted by Gasteiger charge is 2.40. The number of amides is 1. The highest BCUT2D eigenvalue weighted by Crippen LogP contribution is 2.38. The molecule has 1 aliphatic carbocycles. The zero-order valence-corrected chi connectivity index (χ0v) is 14.7. The number of hydrogen-bond donors (Lipinski definition) is 2. The molecule has 0 bridgehead atoms. The molecule has 4 nitrogen and oxygen atoms in total. The number of benzene rings is 1. The zero-order chi connectivity index (χ0) is 19.0. The van der Waals surface area contributed by atoms with Gasteiger partial charge in [-0.15, -0.1) is 0 Å². The first-order chi connectivity index (χ1) is 11.4. The number of rotatable bonds is 2. The standard InChI is InChI=1S/C18H25F3N2O2/c1-17(2,3)23(16(24)25)15-8-7-12(10-14(15)22)11-5-4-6-13(9-11)18(19,20)21/h4-6,9,12,14-15H,7-8,10,22H2,1-3H3,(H,24,25)/t12-,14-,15-/m0/s1. The number of halogens is 3. The lowest BCUT2D eigenvalue weighted by Crippen LogP contribution is -2.59. The van der Waals surface area contributed by atoms with E-state index in [-0.39, 0.29) is 12.0 Å². The second kappa shape index (κ2) is 6.86. The van der Waals surface area contributed by atoms with Crippen LogP contribution in [0.3, 0.4) is 0 Å². The Balaban J connectivity index is 2.18. The lowest BCUT2D eigenvalue weighted by atomic mass is 9.77. The van der Waals surface area contributed by atoms with Crippen molar-refractivity contribution in [2.45, 2.75) is 69.8 Å². The number of carboxylic acid groups (broad SMARTS) is 1. The molecule has 1 fully saturated rings. The van der Waals surface area contributed by atoms with Gasteiger partial charge in [-0.05, 0) is 57.6 Å². The lowest BCUT2D eigenvalue weighted by Gasteiger charge is -2.45. The first-order valence-electron chi connectivity index (χ1n) is 8.36. The molecule has 0 spiro atoms. The van der Waals surface area contributed by atoms with Crippen LogP contribution in [0.1, 0.15) is 57.1 Å². The Morgan fingerprint density at radius 1 is 1.24 bits per heavy atom. The van der Waals surface area contributed by atoms with Gasteiger partial charge in [0.05, 0.1) is 11.6 Å². The van der Waals surface area contributed by atoms with Gasteiger partial charge >= 0.3 is 12.3 Å². The molecule has 0 aromatic heterocycles. The molecule has 1 aromatic rings. The topological polar surface area (TPSA) is 66.6 Å². The number of nitrogens with two attached hydrogens (primary N) is 1. The number of carbonyl (C=O) groups is 1. The van der Waals surface area contributed by atoms with Crippen LogP contribution < -0.4 is 5.73 Å². The highest BCUT2D eigenvalue weighted by atomic mass is 19.4. The molecule has 140 valence electrons. The van der Waals surface area contributed by atoms with Gasteiger partial charge in [-0.3, -0.25) is 4.90 Å². The summed E-state index contributed by atoms with van der Waals surface area (Å²) in [5.74, 6) is -0.0934. The van der Waals surface area contributed by atoms with Gasteiger partial charge in [0.1, 0.15) is 0 Å². The fraction of sp³-hybridized carbons (Fsp3) is 0.611. The maximum Gasteiger partial charge on any atom is 0.416 e. The van der Waals surface area contributed by atoms with Crippen LogP contribution in [-0.2, 0) is 6.18 Å². The van der Waals surface area contributed by atoms with Crippen molar-refractivity contribution in [1.82, 2.24) is 4.90 Å². The van der Waals surface area contributed by atoms with Crippen LogP contribution >= 0.6 is 0 Å². The van der Waals surface area contributed by atoms with Crippen molar-refractivity contribution in [3.63, 3.8) is 0 Å². The summed E-state index contributed by atoms with van der Waals surface area (Å²) in [5, 5.41) is 9.53. The summed E-state index contributed by atoms with van der Waals surface area (Å²) in [4.78, 5) is 13.0. The molecule has 3 N–H and O–H groups in total. The average molecular weight is 358 g/mol.